The van der Waals surface area contributed by atoms with E-state index in [2.05, 4.69) is 9.98 Å². The number of fused-ring (bicyclic) bond motifs is 3. The Kier molecular flexibility index (Phi) is 4.16. The van der Waals surface area contributed by atoms with E-state index < -0.39 is 6.04 Å². The van der Waals surface area contributed by atoms with Gasteiger partial charge in [-0.05, 0) is 55.9 Å². The Bertz CT molecular complexity index is 940. The predicted molar refractivity (Wildman–Crippen MR) is 100 cm³/mol. The normalized spacial score (nSPS) is 18.3. The number of aromatic hydroxyl groups is 1. The summed E-state index contributed by atoms with van der Waals surface area (Å²) in [7, 11) is 0. The van der Waals surface area contributed by atoms with Crippen LogP contribution >= 0.6 is 11.8 Å². The van der Waals surface area contributed by atoms with E-state index in [9.17, 15) is 9.90 Å². The van der Waals surface area contributed by atoms with Crippen LogP contribution in [0.2, 0.25) is 0 Å². The van der Waals surface area contributed by atoms with Gasteiger partial charge in [0.25, 0.3) is 0 Å². The summed E-state index contributed by atoms with van der Waals surface area (Å²) < 4.78 is 5.29. The Morgan fingerprint density at radius 2 is 2.19 bits per heavy atom. The van der Waals surface area contributed by atoms with Gasteiger partial charge in [0.1, 0.15) is 11.8 Å². The van der Waals surface area contributed by atoms with Gasteiger partial charge >= 0.3 is 5.97 Å². The second-order valence-electron chi connectivity index (χ2n) is 5.90. The summed E-state index contributed by atoms with van der Waals surface area (Å²) in [5, 5.41) is 10.6. The van der Waals surface area contributed by atoms with E-state index in [4.69, 9.17) is 4.74 Å². The summed E-state index contributed by atoms with van der Waals surface area (Å²) in [6, 6.07) is 10.4. The minimum absolute atomic E-state index is 0.196. The second kappa shape index (κ2) is 6.49. The number of carbonyl (C=O) groups is 1. The third kappa shape index (κ3) is 2.64. The molecule has 2 aliphatic heterocycles. The van der Waals surface area contributed by atoms with E-state index in [0.717, 1.165) is 21.4 Å². The minimum Gasteiger partial charge on any atom is -0.508 e. The highest BCUT2D eigenvalue weighted by Crippen LogP contribution is 2.50. The van der Waals surface area contributed by atoms with E-state index in [1.165, 1.54) is 11.8 Å². The maximum Gasteiger partial charge on any atom is 0.338 e. The zero-order valence-corrected chi connectivity index (χ0v) is 15.2. The minimum atomic E-state index is -0.430. The topological polar surface area (TPSA) is 75.0 Å². The van der Waals surface area contributed by atoms with Crippen molar-refractivity contribution < 1.29 is 14.6 Å². The largest absolute Gasteiger partial charge is 0.508 e. The summed E-state index contributed by atoms with van der Waals surface area (Å²) in [5.41, 5.74) is 2.73. The van der Waals surface area contributed by atoms with Gasteiger partial charge < -0.3 is 14.7 Å². The number of pyridine rings is 1. The van der Waals surface area contributed by atoms with Crippen LogP contribution in [0, 0.1) is 0 Å². The van der Waals surface area contributed by atoms with Gasteiger partial charge in [0.15, 0.2) is 5.17 Å². The number of phenols is 1. The van der Waals surface area contributed by atoms with Gasteiger partial charge in [-0.25, -0.2) is 9.79 Å². The van der Waals surface area contributed by atoms with Crippen molar-refractivity contribution in [3.63, 3.8) is 0 Å². The molecule has 0 unspecified atom stereocenters. The molecule has 0 fully saturated rings. The number of aliphatic imine (C=N–C) groups is 1. The van der Waals surface area contributed by atoms with Crippen LogP contribution in [-0.4, -0.2) is 27.8 Å². The lowest BCUT2D eigenvalue weighted by Crippen LogP contribution is -2.37. The molecule has 0 radical (unpaired) electrons. The molecule has 1 aromatic carbocycles. The average Bonchev–Trinajstić information content (AvgIpc) is 2.98. The Labute approximate surface area is 155 Å². The number of carbonyl (C=O) groups excluding carboxylic acids is 1. The highest BCUT2D eigenvalue weighted by molar-refractivity contribution is 8.14. The van der Waals surface area contributed by atoms with Crippen molar-refractivity contribution in [3.05, 3.63) is 59.6 Å². The van der Waals surface area contributed by atoms with Crippen molar-refractivity contribution in [3.8, 4) is 5.75 Å². The van der Waals surface area contributed by atoms with Crippen LogP contribution in [0.25, 0.3) is 0 Å². The molecular weight excluding hydrogens is 350 g/mol. The number of ether oxygens (including phenoxy) is 1. The third-order valence-electron chi connectivity index (χ3n) is 4.26. The maximum atomic E-state index is 12.7. The number of benzene rings is 1. The molecule has 1 aromatic heterocycles. The van der Waals surface area contributed by atoms with E-state index in [1.54, 1.807) is 25.3 Å². The maximum absolute atomic E-state index is 12.7. The molecule has 2 aliphatic rings. The van der Waals surface area contributed by atoms with Crippen molar-refractivity contribution in [2.75, 3.05) is 11.5 Å². The smallest absolute Gasteiger partial charge is 0.338 e. The highest BCUT2D eigenvalue weighted by Gasteiger charge is 2.42. The number of anilines is 1. The van der Waals surface area contributed by atoms with Crippen LogP contribution < -0.4 is 4.90 Å². The Balaban J connectivity index is 1.90. The quantitative estimate of drug-likeness (QED) is 0.835. The monoisotopic (exact) mass is 367 g/mol. The second-order valence-corrected chi connectivity index (χ2v) is 6.90. The first-order valence-electron chi connectivity index (χ1n) is 8.27. The van der Waals surface area contributed by atoms with Crippen LogP contribution in [0.5, 0.6) is 5.75 Å². The van der Waals surface area contributed by atoms with Crippen molar-refractivity contribution in [2.45, 2.75) is 24.8 Å². The van der Waals surface area contributed by atoms with E-state index in [0.29, 0.717) is 17.9 Å². The molecular formula is C19H17N3O3S. The first kappa shape index (κ1) is 16.7. The van der Waals surface area contributed by atoms with E-state index >= 15 is 0 Å². The fraction of sp³-hybridized carbons (Fsp3) is 0.211. The molecule has 0 bridgehead atoms. The van der Waals surface area contributed by atoms with Gasteiger partial charge in [0.05, 0.1) is 29.3 Å². The van der Waals surface area contributed by atoms with Gasteiger partial charge in [-0.3, -0.25) is 4.98 Å². The van der Waals surface area contributed by atoms with Crippen LogP contribution in [-0.2, 0) is 9.53 Å². The van der Waals surface area contributed by atoms with Crippen molar-refractivity contribution >= 4 is 28.6 Å². The number of amidine groups is 1. The molecule has 26 heavy (non-hydrogen) atoms. The van der Waals surface area contributed by atoms with Crippen molar-refractivity contribution in [2.24, 2.45) is 4.99 Å². The highest BCUT2D eigenvalue weighted by atomic mass is 32.2. The number of phenolic OH excluding ortho intramolecular Hbond substituents is 1. The number of nitrogens with zero attached hydrogens (tertiary/aromatic N) is 3. The SMILES string of the molecule is CCOC(=O)C1=C(C)N=C2Sc3cc(O)ccc3N2[C@H]1c1ccccn1. The molecule has 1 N–H and O–H groups in total. The summed E-state index contributed by atoms with van der Waals surface area (Å²) in [4.78, 5) is 24.7. The van der Waals surface area contributed by atoms with Gasteiger partial charge in [0, 0.05) is 11.1 Å². The zero-order valence-electron chi connectivity index (χ0n) is 14.3. The lowest BCUT2D eigenvalue weighted by Gasteiger charge is -2.34. The van der Waals surface area contributed by atoms with Crippen LogP contribution in [0.4, 0.5) is 5.69 Å². The number of rotatable bonds is 3. The summed E-state index contributed by atoms with van der Waals surface area (Å²) in [5.74, 6) is -0.193. The Morgan fingerprint density at radius 1 is 1.35 bits per heavy atom. The lowest BCUT2D eigenvalue weighted by atomic mass is 9.97. The molecule has 0 spiro atoms. The first-order chi connectivity index (χ1) is 12.6. The fourth-order valence-corrected chi connectivity index (χ4v) is 4.31. The molecule has 1 atom stereocenters. The molecule has 2 aromatic rings. The molecule has 0 amide bonds. The average molecular weight is 367 g/mol. The molecule has 3 heterocycles. The van der Waals surface area contributed by atoms with Gasteiger partial charge in [-0.1, -0.05) is 6.07 Å². The van der Waals surface area contributed by atoms with Crippen LogP contribution in [0.3, 0.4) is 0 Å². The van der Waals surface area contributed by atoms with E-state index in [-0.39, 0.29) is 11.7 Å². The Morgan fingerprint density at radius 3 is 2.92 bits per heavy atom. The molecule has 7 heteroatoms. The third-order valence-corrected chi connectivity index (χ3v) is 5.28. The molecule has 132 valence electrons. The summed E-state index contributed by atoms with van der Waals surface area (Å²) in [6.45, 7) is 3.89. The molecule has 6 nitrogen and oxygen atoms in total. The number of allylic oxidation sites excluding steroid dienone is 1. The fourth-order valence-electron chi connectivity index (χ4n) is 3.18. The number of aromatic nitrogens is 1. The standard InChI is InChI=1S/C19H17N3O3S/c1-3-25-18(24)16-11(2)21-19-22(17(16)13-6-4-5-9-20-13)14-8-7-12(23)10-15(14)26-19/h4-10,17,23H,3H2,1-2H3/t17-/m0/s1. The van der Waals surface area contributed by atoms with Crippen LogP contribution in [0.1, 0.15) is 25.6 Å². The number of hydrogen-bond donors (Lipinski definition) is 1. The lowest BCUT2D eigenvalue weighted by molar-refractivity contribution is -0.138. The molecule has 0 saturated heterocycles. The number of thioether (sulfide) groups is 1. The molecule has 4 rings (SSSR count). The number of esters is 1. The van der Waals surface area contributed by atoms with Gasteiger partial charge in [0.2, 0.25) is 0 Å². The molecule has 0 aliphatic carbocycles. The zero-order chi connectivity index (χ0) is 18.3. The summed E-state index contributed by atoms with van der Waals surface area (Å²) >= 11 is 1.47. The molecule has 0 saturated carbocycles. The Hall–Kier alpha value is -2.80. The summed E-state index contributed by atoms with van der Waals surface area (Å²) in [6.07, 6.45) is 1.71. The van der Waals surface area contributed by atoms with E-state index in [1.807, 2.05) is 36.1 Å². The number of hydrogen-bond acceptors (Lipinski definition) is 7. The first-order valence-corrected chi connectivity index (χ1v) is 9.09. The van der Waals surface area contributed by atoms with Crippen molar-refractivity contribution in [1.82, 2.24) is 4.98 Å². The predicted octanol–water partition coefficient (Wildman–Crippen LogP) is 3.65. The van der Waals surface area contributed by atoms with Crippen molar-refractivity contribution in [1.29, 1.82) is 0 Å². The van der Waals surface area contributed by atoms with Gasteiger partial charge in [-0.15, -0.1) is 0 Å². The van der Waals surface area contributed by atoms with Crippen LogP contribution in [0.15, 0.2) is 63.8 Å². The van der Waals surface area contributed by atoms with Gasteiger partial charge in [-0.2, -0.15) is 0 Å².